The Morgan fingerprint density at radius 1 is 1.27 bits per heavy atom. The van der Waals surface area contributed by atoms with E-state index in [1.165, 1.54) is 30.0 Å². The second kappa shape index (κ2) is 5.59. The van der Waals surface area contributed by atoms with Crippen molar-refractivity contribution in [1.29, 1.82) is 0 Å². The van der Waals surface area contributed by atoms with Crippen molar-refractivity contribution in [2.75, 3.05) is 0 Å². The van der Waals surface area contributed by atoms with E-state index in [0.29, 0.717) is 11.2 Å². The summed E-state index contributed by atoms with van der Waals surface area (Å²) in [5, 5.41) is 0. The Hall–Kier alpha value is -2.11. The molecular weight excluding hydrogens is 280 g/mol. The second-order valence-electron chi connectivity index (χ2n) is 6.01. The number of rotatable bonds is 3. The van der Waals surface area contributed by atoms with Crippen molar-refractivity contribution in [3.8, 4) is 0 Å². The molecule has 2 aromatic rings. The first-order chi connectivity index (χ1) is 10.5. The maximum absolute atomic E-state index is 12.3. The fourth-order valence-corrected chi connectivity index (χ4v) is 3.32. The summed E-state index contributed by atoms with van der Waals surface area (Å²) in [5.41, 5.74) is 1.59. The number of hydrogen-bond acceptors (Lipinski definition) is 3. The predicted octanol–water partition coefficient (Wildman–Crippen LogP) is 1.95. The van der Waals surface area contributed by atoms with Crippen LogP contribution in [0.25, 0.3) is 11.2 Å². The maximum Gasteiger partial charge on any atom is 0.332 e. The maximum atomic E-state index is 12.3. The summed E-state index contributed by atoms with van der Waals surface area (Å²) in [4.78, 5) is 32.0. The average molecular weight is 302 g/mol. The first kappa shape index (κ1) is 14.8. The van der Waals surface area contributed by atoms with Gasteiger partial charge in [-0.15, -0.1) is 0 Å². The molecule has 1 aliphatic carbocycles. The Morgan fingerprint density at radius 3 is 2.68 bits per heavy atom. The van der Waals surface area contributed by atoms with Gasteiger partial charge in [0.15, 0.2) is 5.65 Å². The van der Waals surface area contributed by atoms with Crippen molar-refractivity contribution < 1.29 is 0 Å². The third-order valence-corrected chi connectivity index (χ3v) is 4.63. The number of nitrogens with zero attached hydrogens (tertiary/aromatic N) is 3. The molecule has 0 radical (unpaired) electrons. The normalized spacial score (nSPS) is 16.8. The van der Waals surface area contributed by atoms with Gasteiger partial charge in [-0.25, -0.2) is 9.78 Å². The van der Waals surface area contributed by atoms with E-state index in [4.69, 9.17) is 0 Å². The van der Waals surface area contributed by atoms with Crippen LogP contribution in [0, 0.1) is 0 Å². The molecule has 0 spiro atoms. The number of allylic oxidation sites excluding steroid dienone is 2. The smallest absolute Gasteiger partial charge is 0.332 e. The zero-order valence-electron chi connectivity index (χ0n) is 13.3. The van der Waals surface area contributed by atoms with Crippen LogP contribution in [0.4, 0.5) is 0 Å². The lowest BCUT2D eigenvalue weighted by molar-refractivity contribution is 0.612. The van der Waals surface area contributed by atoms with E-state index in [0.717, 1.165) is 29.7 Å². The van der Waals surface area contributed by atoms with Crippen LogP contribution >= 0.6 is 0 Å². The molecule has 6 nitrogen and oxygen atoms in total. The van der Waals surface area contributed by atoms with Gasteiger partial charge in [0.25, 0.3) is 5.56 Å². The molecule has 6 heteroatoms. The number of aromatic nitrogens is 4. The minimum absolute atomic E-state index is 0.201. The van der Waals surface area contributed by atoms with Crippen LogP contribution in [0.1, 0.15) is 50.8 Å². The Balaban J connectivity index is 2.18. The molecule has 0 saturated carbocycles. The highest BCUT2D eigenvalue weighted by Gasteiger charge is 2.22. The average Bonchev–Trinajstić information content (AvgIpc) is 2.98. The Morgan fingerprint density at radius 2 is 2.05 bits per heavy atom. The summed E-state index contributed by atoms with van der Waals surface area (Å²) in [6.07, 6.45) is 7.90. The molecule has 1 N–H and O–H groups in total. The lowest BCUT2D eigenvalue weighted by atomic mass is 9.87. The van der Waals surface area contributed by atoms with Gasteiger partial charge in [-0.3, -0.25) is 13.9 Å². The summed E-state index contributed by atoms with van der Waals surface area (Å²) >= 11 is 0. The van der Waals surface area contributed by atoms with Crippen molar-refractivity contribution >= 4 is 11.2 Å². The van der Waals surface area contributed by atoms with Gasteiger partial charge in [-0.05, 0) is 32.1 Å². The van der Waals surface area contributed by atoms with Crippen molar-refractivity contribution in [1.82, 2.24) is 19.1 Å². The molecule has 0 aromatic carbocycles. The molecule has 118 valence electrons. The molecule has 22 heavy (non-hydrogen) atoms. The number of aryl methyl sites for hydroxylation is 1. The first-order valence-electron chi connectivity index (χ1n) is 7.89. The summed E-state index contributed by atoms with van der Waals surface area (Å²) in [5.74, 6) is 0.997. The van der Waals surface area contributed by atoms with Crippen LogP contribution in [0.15, 0.2) is 21.2 Å². The third kappa shape index (κ3) is 2.23. The highest BCUT2D eigenvalue weighted by atomic mass is 16.2. The van der Waals surface area contributed by atoms with E-state index in [9.17, 15) is 9.59 Å². The zero-order valence-corrected chi connectivity index (χ0v) is 13.3. The number of fused-ring (bicyclic) bond motifs is 1. The van der Waals surface area contributed by atoms with Gasteiger partial charge in [-0.2, -0.15) is 0 Å². The van der Waals surface area contributed by atoms with Gasteiger partial charge in [-0.1, -0.05) is 18.6 Å². The highest BCUT2D eigenvalue weighted by molar-refractivity contribution is 5.70. The van der Waals surface area contributed by atoms with Crippen LogP contribution in [-0.2, 0) is 14.1 Å². The molecule has 0 fully saturated rings. The molecular formula is C16H22N4O2. The van der Waals surface area contributed by atoms with Gasteiger partial charge < -0.3 is 4.98 Å². The molecule has 0 saturated heterocycles. The monoisotopic (exact) mass is 302 g/mol. The Kier molecular flexibility index (Phi) is 3.76. The van der Waals surface area contributed by atoms with Crippen LogP contribution < -0.4 is 11.2 Å². The quantitative estimate of drug-likeness (QED) is 0.881. The topological polar surface area (TPSA) is 72.7 Å². The molecule has 2 aromatic heterocycles. The van der Waals surface area contributed by atoms with E-state index in [-0.39, 0.29) is 17.2 Å². The molecule has 1 atom stereocenters. The molecule has 2 heterocycles. The first-order valence-corrected chi connectivity index (χ1v) is 7.89. The highest BCUT2D eigenvalue weighted by Crippen LogP contribution is 2.33. The number of nitrogens with one attached hydrogen (secondary N) is 1. The second-order valence-corrected chi connectivity index (χ2v) is 6.01. The minimum atomic E-state index is -0.347. The molecule has 1 unspecified atom stereocenters. The third-order valence-electron chi connectivity index (χ3n) is 4.63. The molecule has 0 bridgehead atoms. The predicted molar refractivity (Wildman–Crippen MR) is 86.2 cm³/mol. The fourth-order valence-electron chi connectivity index (χ4n) is 3.32. The van der Waals surface area contributed by atoms with Crippen LogP contribution in [0.5, 0.6) is 0 Å². The van der Waals surface area contributed by atoms with E-state index in [1.807, 2.05) is 0 Å². The van der Waals surface area contributed by atoms with E-state index >= 15 is 0 Å². The van der Waals surface area contributed by atoms with Crippen molar-refractivity contribution in [3.05, 3.63) is 38.3 Å². The van der Waals surface area contributed by atoms with Gasteiger partial charge in [0.1, 0.15) is 11.3 Å². The lowest BCUT2D eigenvalue weighted by Crippen LogP contribution is -2.36. The van der Waals surface area contributed by atoms with E-state index in [2.05, 4.69) is 23.0 Å². The molecule has 0 amide bonds. The summed E-state index contributed by atoms with van der Waals surface area (Å²) in [6.45, 7) is 2.13. The fraction of sp³-hybridized carbons (Fsp3) is 0.562. The van der Waals surface area contributed by atoms with E-state index in [1.54, 1.807) is 7.05 Å². The Labute approximate surface area is 128 Å². The summed E-state index contributed by atoms with van der Waals surface area (Å²) in [6, 6.07) is 0. The zero-order chi connectivity index (χ0) is 15.9. The largest absolute Gasteiger partial charge is 0.336 e. The van der Waals surface area contributed by atoms with Crippen molar-refractivity contribution in [3.63, 3.8) is 0 Å². The van der Waals surface area contributed by atoms with Crippen LogP contribution in [0.2, 0.25) is 0 Å². The van der Waals surface area contributed by atoms with Crippen molar-refractivity contribution in [2.45, 2.75) is 44.9 Å². The van der Waals surface area contributed by atoms with Gasteiger partial charge >= 0.3 is 5.69 Å². The summed E-state index contributed by atoms with van der Waals surface area (Å²) < 4.78 is 2.55. The van der Waals surface area contributed by atoms with Gasteiger partial charge in [0.05, 0.1) is 0 Å². The molecule has 1 aliphatic rings. The lowest BCUT2D eigenvalue weighted by Gasteiger charge is -2.20. The van der Waals surface area contributed by atoms with Crippen LogP contribution in [0.3, 0.4) is 0 Å². The van der Waals surface area contributed by atoms with E-state index < -0.39 is 0 Å². The standard InChI is InChI=1S/C16H22N4O2/c1-4-11(10-8-6-5-7-9-10)13-17-12-14(18-13)19(2)16(22)20(3)15(12)21/h8,11H,4-7,9H2,1-3H3,(H,17,18). The van der Waals surface area contributed by atoms with Gasteiger partial charge in [0, 0.05) is 20.0 Å². The van der Waals surface area contributed by atoms with Crippen molar-refractivity contribution in [2.24, 2.45) is 14.1 Å². The van der Waals surface area contributed by atoms with Gasteiger partial charge in [0.2, 0.25) is 0 Å². The minimum Gasteiger partial charge on any atom is -0.336 e. The number of aromatic amines is 1. The number of hydrogen-bond donors (Lipinski definition) is 1. The SMILES string of the molecule is CCC(C1=CCCCC1)c1nc2c([nH]1)c(=O)n(C)c(=O)n2C. The molecule has 3 rings (SSSR count). The number of H-pyrrole nitrogens is 1. The Bertz CT molecular complexity index is 853. The number of imidazole rings is 1. The van der Waals surface area contributed by atoms with Crippen LogP contribution in [-0.4, -0.2) is 19.1 Å². The summed E-state index contributed by atoms with van der Waals surface area (Å²) in [7, 11) is 3.14. The molecule has 0 aliphatic heterocycles.